The van der Waals surface area contributed by atoms with Gasteiger partial charge < -0.3 is 10.2 Å². The molecule has 0 aromatic carbocycles. The Labute approximate surface area is 107 Å². The fraction of sp³-hybridized carbons (Fsp3) is 1.00. The van der Waals surface area contributed by atoms with Crippen molar-refractivity contribution in [3.8, 4) is 0 Å². The first-order chi connectivity index (χ1) is 8.16. The summed E-state index contributed by atoms with van der Waals surface area (Å²) in [5, 5.41) is 3.76. The lowest BCUT2D eigenvalue weighted by Crippen LogP contribution is -2.41. The maximum absolute atomic E-state index is 3.76. The average Bonchev–Trinajstić information content (AvgIpc) is 2.33. The first kappa shape index (κ1) is 13.4. The molecule has 0 atom stereocenters. The molecule has 1 aliphatic heterocycles. The van der Waals surface area contributed by atoms with Crippen molar-refractivity contribution in [2.75, 3.05) is 26.2 Å². The van der Waals surface area contributed by atoms with E-state index in [9.17, 15) is 0 Å². The van der Waals surface area contributed by atoms with Crippen LogP contribution in [0.4, 0.5) is 0 Å². The van der Waals surface area contributed by atoms with Crippen LogP contribution in [0, 0.1) is 5.41 Å². The summed E-state index contributed by atoms with van der Waals surface area (Å²) >= 11 is 0. The van der Waals surface area contributed by atoms with Crippen molar-refractivity contribution in [3.05, 3.63) is 0 Å². The van der Waals surface area contributed by atoms with Crippen LogP contribution >= 0.6 is 0 Å². The fourth-order valence-electron chi connectivity index (χ4n) is 3.21. The smallest absolute Gasteiger partial charge is 0.0107 e. The third-order valence-corrected chi connectivity index (χ3v) is 4.65. The molecule has 1 saturated heterocycles. The lowest BCUT2D eigenvalue weighted by molar-refractivity contribution is 0.192. The van der Waals surface area contributed by atoms with Crippen LogP contribution in [0.5, 0.6) is 0 Å². The normalized spacial score (nSPS) is 27.2. The average molecular weight is 238 g/mol. The van der Waals surface area contributed by atoms with Crippen LogP contribution in [-0.2, 0) is 0 Å². The summed E-state index contributed by atoms with van der Waals surface area (Å²) in [6.45, 7) is 9.96. The van der Waals surface area contributed by atoms with Gasteiger partial charge in [-0.2, -0.15) is 0 Å². The van der Waals surface area contributed by atoms with Gasteiger partial charge in [-0.25, -0.2) is 0 Å². The van der Waals surface area contributed by atoms with Gasteiger partial charge in [-0.05, 0) is 57.0 Å². The predicted molar refractivity (Wildman–Crippen MR) is 74.3 cm³/mol. The number of nitrogens with zero attached hydrogens (tertiary/aromatic N) is 1. The number of likely N-dealkylation sites (tertiary alicyclic amines) is 1. The Balaban J connectivity index is 1.56. The highest BCUT2D eigenvalue weighted by Gasteiger charge is 2.26. The molecule has 1 aliphatic carbocycles. The number of rotatable bonds is 4. The minimum absolute atomic E-state index is 0.602. The van der Waals surface area contributed by atoms with Crippen LogP contribution in [0.2, 0.25) is 0 Å². The molecule has 0 amide bonds. The van der Waals surface area contributed by atoms with Gasteiger partial charge in [0.25, 0.3) is 0 Å². The van der Waals surface area contributed by atoms with Gasteiger partial charge in [0.15, 0.2) is 0 Å². The Morgan fingerprint density at radius 3 is 2.35 bits per heavy atom. The van der Waals surface area contributed by atoms with E-state index in [0.29, 0.717) is 5.41 Å². The van der Waals surface area contributed by atoms with Crippen LogP contribution in [0.15, 0.2) is 0 Å². The molecule has 0 unspecified atom stereocenters. The van der Waals surface area contributed by atoms with Gasteiger partial charge in [-0.15, -0.1) is 0 Å². The molecule has 2 heteroatoms. The van der Waals surface area contributed by atoms with E-state index in [1.807, 2.05) is 0 Å². The van der Waals surface area contributed by atoms with Gasteiger partial charge in [0, 0.05) is 19.1 Å². The second-order valence-corrected chi connectivity index (χ2v) is 6.79. The minimum Gasteiger partial charge on any atom is -0.313 e. The summed E-state index contributed by atoms with van der Waals surface area (Å²) in [5.74, 6) is 0. The van der Waals surface area contributed by atoms with Crippen molar-refractivity contribution in [2.45, 2.75) is 64.8 Å². The Hall–Kier alpha value is -0.0800. The first-order valence-electron chi connectivity index (χ1n) is 7.61. The summed E-state index contributed by atoms with van der Waals surface area (Å²) in [6, 6.07) is 0.799. The standard InChI is InChI=1S/C15H30N2/c1-15(2)8-6-14(7-9-15)16-10-13-17-11-4-3-5-12-17/h14,16H,3-13H2,1-2H3. The monoisotopic (exact) mass is 238 g/mol. The van der Waals surface area contributed by atoms with Gasteiger partial charge in [0.1, 0.15) is 0 Å². The topological polar surface area (TPSA) is 15.3 Å². The van der Waals surface area contributed by atoms with E-state index < -0.39 is 0 Å². The Bertz CT molecular complexity index is 209. The zero-order valence-electron chi connectivity index (χ0n) is 11.8. The predicted octanol–water partition coefficient (Wildman–Crippen LogP) is 3.03. The molecule has 0 spiro atoms. The van der Waals surface area contributed by atoms with Gasteiger partial charge in [0.05, 0.1) is 0 Å². The van der Waals surface area contributed by atoms with Gasteiger partial charge in [-0.3, -0.25) is 0 Å². The zero-order valence-corrected chi connectivity index (χ0v) is 11.8. The van der Waals surface area contributed by atoms with E-state index in [4.69, 9.17) is 0 Å². The highest BCUT2D eigenvalue weighted by atomic mass is 15.1. The van der Waals surface area contributed by atoms with E-state index in [1.54, 1.807) is 0 Å². The Kier molecular flexibility index (Phi) is 4.87. The fourth-order valence-corrected chi connectivity index (χ4v) is 3.21. The van der Waals surface area contributed by atoms with Crippen molar-refractivity contribution in [1.82, 2.24) is 10.2 Å². The first-order valence-corrected chi connectivity index (χ1v) is 7.61. The largest absolute Gasteiger partial charge is 0.313 e. The molecule has 0 aromatic rings. The highest BCUT2D eigenvalue weighted by molar-refractivity contribution is 4.82. The number of piperidine rings is 1. The molecule has 0 aromatic heterocycles. The molecule has 1 N–H and O–H groups in total. The van der Waals surface area contributed by atoms with Crippen molar-refractivity contribution < 1.29 is 0 Å². The maximum Gasteiger partial charge on any atom is 0.0107 e. The molecule has 100 valence electrons. The number of hydrogen-bond acceptors (Lipinski definition) is 2. The summed E-state index contributed by atoms with van der Waals surface area (Å²) in [7, 11) is 0. The molecule has 2 nitrogen and oxygen atoms in total. The van der Waals surface area contributed by atoms with Gasteiger partial charge in [-0.1, -0.05) is 20.3 Å². The zero-order chi connectivity index (χ0) is 12.1. The van der Waals surface area contributed by atoms with Crippen molar-refractivity contribution in [3.63, 3.8) is 0 Å². The number of nitrogens with one attached hydrogen (secondary N) is 1. The van der Waals surface area contributed by atoms with Crippen molar-refractivity contribution in [1.29, 1.82) is 0 Å². The van der Waals surface area contributed by atoms with Gasteiger partial charge >= 0.3 is 0 Å². The SMILES string of the molecule is CC1(C)CCC(NCCN2CCCCC2)CC1. The molecule has 17 heavy (non-hydrogen) atoms. The molecule has 1 saturated carbocycles. The summed E-state index contributed by atoms with van der Waals surface area (Å²) in [4.78, 5) is 2.63. The summed E-state index contributed by atoms with van der Waals surface area (Å²) in [6.07, 6.45) is 9.83. The number of hydrogen-bond donors (Lipinski definition) is 1. The third kappa shape index (κ3) is 4.59. The molecule has 2 rings (SSSR count). The molecule has 0 bridgehead atoms. The lowest BCUT2D eigenvalue weighted by Gasteiger charge is -2.35. The van der Waals surface area contributed by atoms with E-state index >= 15 is 0 Å². The van der Waals surface area contributed by atoms with E-state index in [-0.39, 0.29) is 0 Å². The van der Waals surface area contributed by atoms with E-state index in [2.05, 4.69) is 24.1 Å². The second-order valence-electron chi connectivity index (χ2n) is 6.79. The molecular weight excluding hydrogens is 208 g/mol. The van der Waals surface area contributed by atoms with Crippen molar-refractivity contribution in [2.24, 2.45) is 5.41 Å². The van der Waals surface area contributed by atoms with Crippen LogP contribution in [0.1, 0.15) is 58.8 Å². The quantitative estimate of drug-likeness (QED) is 0.810. The van der Waals surface area contributed by atoms with Crippen LogP contribution in [0.25, 0.3) is 0 Å². The van der Waals surface area contributed by atoms with Crippen LogP contribution in [-0.4, -0.2) is 37.1 Å². The maximum atomic E-state index is 3.76. The summed E-state index contributed by atoms with van der Waals surface area (Å²) < 4.78 is 0. The highest BCUT2D eigenvalue weighted by Crippen LogP contribution is 2.34. The minimum atomic E-state index is 0.602. The van der Waals surface area contributed by atoms with E-state index in [0.717, 1.165) is 6.04 Å². The second kappa shape index (κ2) is 6.19. The van der Waals surface area contributed by atoms with Crippen LogP contribution in [0.3, 0.4) is 0 Å². The Morgan fingerprint density at radius 1 is 1.06 bits per heavy atom. The van der Waals surface area contributed by atoms with E-state index in [1.165, 1.54) is 71.1 Å². The van der Waals surface area contributed by atoms with Gasteiger partial charge in [0.2, 0.25) is 0 Å². The van der Waals surface area contributed by atoms with Crippen molar-refractivity contribution >= 4 is 0 Å². The molecule has 2 fully saturated rings. The Morgan fingerprint density at radius 2 is 1.71 bits per heavy atom. The third-order valence-electron chi connectivity index (χ3n) is 4.65. The van der Waals surface area contributed by atoms with Crippen LogP contribution < -0.4 is 5.32 Å². The molecular formula is C15H30N2. The lowest BCUT2D eigenvalue weighted by atomic mass is 9.75. The summed E-state index contributed by atoms with van der Waals surface area (Å²) in [5.41, 5.74) is 0.602. The molecule has 2 aliphatic rings. The molecule has 0 radical (unpaired) electrons. The molecule has 1 heterocycles.